The van der Waals surface area contributed by atoms with E-state index in [9.17, 15) is 9.59 Å². The summed E-state index contributed by atoms with van der Waals surface area (Å²) < 4.78 is 15.6. The molecule has 0 saturated carbocycles. The Morgan fingerprint density at radius 2 is 2.18 bits per heavy atom. The Labute approximate surface area is 128 Å². The molecule has 22 heavy (non-hydrogen) atoms. The smallest absolute Gasteiger partial charge is 0.335 e. The summed E-state index contributed by atoms with van der Waals surface area (Å²) in [6.07, 6.45) is 1.39. The number of nitrogens with zero attached hydrogens (tertiary/aromatic N) is 2. The van der Waals surface area contributed by atoms with Gasteiger partial charge in [0.25, 0.3) is 5.91 Å². The molecule has 3 rings (SSSR count). The predicted octanol–water partition coefficient (Wildman–Crippen LogP) is 1.31. The molecule has 2 aliphatic heterocycles. The Bertz CT molecular complexity index is 584. The Morgan fingerprint density at radius 3 is 2.82 bits per heavy atom. The fourth-order valence-electron chi connectivity index (χ4n) is 3.38. The minimum Gasteiger partial charge on any atom is -0.467 e. The molecule has 2 aliphatic rings. The van der Waals surface area contributed by atoms with Gasteiger partial charge in [0, 0.05) is 18.5 Å². The van der Waals surface area contributed by atoms with Gasteiger partial charge < -0.3 is 18.9 Å². The van der Waals surface area contributed by atoms with Gasteiger partial charge in [0.2, 0.25) is 5.76 Å². The lowest BCUT2D eigenvalue weighted by atomic mass is 9.92. The minimum atomic E-state index is -0.600. The van der Waals surface area contributed by atoms with E-state index < -0.39 is 6.10 Å². The molecule has 0 spiro atoms. The normalized spacial score (nSPS) is 31.0. The van der Waals surface area contributed by atoms with E-state index >= 15 is 0 Å². The van der Waals surface area contributed by atoms with Crippen molar-refractivity contribution in [3.8, 4) is 0 Å². The maximum Gasteiger partial charge on any atom is 0.335 e. The average Bonchev–Trinajstić information content (AvgIpc) is 3.11. The molecule has 7 nitrogen and oxygen atoms in total. The van der Waals surface area contributed by atoms with Crippen molar-refractivity contribution >= 4 is 11.9 Å². The first kappa shape index (κ1) is 15.0. The number of methoxy groups -OCH3 is 1. The van der Waals surface area contributed by atoms with Crippen LogP contribution in [0.2, 0.25) is 0 Å². The molecule has 1 amide bonds. The van der Waals surface area contributed by atoms with Gasteiger partial charge in [-0.05, 0) is 26.7 Å². The number of aromatic nitrogens is 1. The molecule has 1 aromatic rings. The molecule has 2 saturated heterocycles. The standard InChI is InChI=1S/C15H20N2O5/c1-8-6-12(22-16-8)14(18)17-9(2)4-5-11-10(17)7-13(21-11)15(19)20-3/h6,9-11,13H,4-5,7H2,1-3H3/t9-,10-,11-,13+/m1/s1. The number of esters is 1. The van der Waals surface area contributed by atoms with Gasteiger partial charge in [-0.15, -0.1) is 0 Å². The van der Waals surface area contributed by atoms with Crippen molar-refractivity contribution in [2.24, 2.45) is 0 Å². The number of carbonyl (C=O) groups excluding carboxylic acids is 2. The molecular weight excluding hydrogens is 288 g/mol. The quantitative estimate of drug-likeness (QED) is 0.766. The zero-order chi connectivity index (χ0) is 15.9. The van der Waals surface area contributed by atoms with E-state index in [1.54, 1.807) is 17.9 Å². The fraction of sp³-hybridized carbons (Fsp3) is 0.667. The lowest BCUT2D eigenvalue weighted by Gasteiger charge is -2.40. The average molecular weight is 308 g/mol. The number of amides is 1. The molecule has 2 fully saturated rings. The number of carbonyl (C=O) groups is 2. The van der Waals surface area contributed by atoms with Crippen LogP contribution in [0.5, 0.6) is 0 Å². The molecule has 0 bridgehead atoms. The molecular formula is C15H20N2O5. The van der Waals surface area contributed by atoms with Gasteiger partial charge in [-0.3, -0.25) is 4.79 Å². The SMILES string of the molecule is COC(=O)[C@@H]1C[C@@H]2[C@@H](CC[C@@H](C)N2C(=O)c2cc(C)no2)O1. The monoisotopic (exact) mass is 308 g/mol. The van der Waals surface area contributed by atoms with Crippen molar-refractivity contribution < 1.29 is 23.6 Å². The molecule has 3 heterocycles. The van der Waals surface area contributed by atoms with Crippen LogP contribution in [0.4, 0.5) is 0 Å². The summed E-state index contributed by atoms with van der Waals surface area (Å²) in [5.41, 5.74) is 0.666. The summed E-state index contributed by atoms with van der Waals surface area (Å²) in [6.45, 7) is 3.78. The van der Waals surface area contributed by atoms with Crippen LogP contribution < -0.4 is 0 Å². The Balaban J connectivity index is 1.82. The number of rotatable bonds is 2. The number of hydrogen-bond acceptors (Lipinski definition) is 6. The summed E-state index contributed by atoms with van der Waals surface area (Å²) in [5.74, 6) is -0.353. The molecule has 7 heteroatoms. The minimum absolute atomic E-state index is 0.0687. The molecule has 1 aromatic heterocycles. The van der Waals surface area contributed by atoms with Gasteiger partial charge in [-0.1, -0.05) is 5.16 Å². The van der Waals surface area contributed by atoms with Crippen molar-refractivity contribution in [2.45, 2.75) is 57.4 Å². The van der Waals surface area contributed by atoms with E-state index in [1.807, 2.05) is 6.92 Å². The van der Waals surface area contributed by atoms with Crippen LogP contribution in [0.3, 0.4) is 0 Å². The highest BCUT2D eigenvalue weighted by Crippen LogP contribution is 2.36. The lowest BCUT2D eigenvalue weighted by molar-refractivity contribution is -0.153. The third kappa shape index (κ3) is 2.49. The van der Waals surface area contributed by atoms with Gasteiger partial charge in [-0.25, -0.2) is 4.79 Å². The second-order valence-electron chi connectivity index (χ2n) is 5.96. The Hall–Kier alpha value is -1.89. The van der Waals surface area contributed by atoms with Crippen molar-refractivity contribution in [3.05, 3.63) is 17.5 Å². The number of ether oxygens (including phenoxy) is 2. The second kappa shape index (κ2) is 5.72. The maximum atomic E-state index is 12.7. The maximum absolute atomic E-state index is 12.7. The zero-order valence-corrected chi connectivity index (χ0v) is 12.9. The first-order valence-corrected chi connectivity index (χ1v) is 7.50. The highest BCUT2D eigenvalue weighted by Gasteiger charge is 2.48. The molecule has 0 N–H and O–H groups in total. The topological polar surface area (TPSA) is 81.9 Å². The van der Waals surface area contributed by atoms with Gasteiger partial charge in [0.1, 0.15) is 0 Å². The number of hydrogen-bond donors (Lipinski definition) is 0. The number of piperidine rings is 1. The third-order valence-corrected chi connectivity index (χ3v) is 4.46. The molecule has 0 radical (unpaired) electrons. The predicted molar refractivity (Wildman–Crippen MR) is 75.2 cm³/mol. The van der Waals surface area contributed by atoms with Gasteiger partial charge in [0.15, 0.2) is 6.10 Å². The summed E-state index contributed by atoms with van der Waals surface area (Å²) >= 11 is 0. The summed E-state index contributed by atoms with van der Waals surface area (Å²) in [5, 5.41) is 3.77. The number of fused-ring (bicyclic) bond motifs is 1. The van der Waals surface area contributed by atoms with E-state index in [-0.39, 0.29) is 35.8 Å². The highest BCUT2D eigenvalue weighted by molar-refractivity contribution is 5.92. The first-order valence-electron chi connectivity index (χ1n) is 7.50. The van der Waals surface area contributed by atoms with E-state index in [0.29, 0.717) is 12.1 Å². The van der Waals surface area contributed by atoms with Crippen LogP contribution >= 0.6 is 0 Å². The first-order chi connectivity index (χ1) is 10.5. The summed E-state index contributed by atoms with van der Waals surface area (Å²) in [7, 11) is 1.34. The van der Waals surface area contributed by atoms with Crippen LogP contribution in [0.1, 0.15) is 42.4 Å². The molecule has 4 atom stereocenters. The van der Waals surface area contributed by atoms with Crippen molar-refractivity contribution in [3.63, 3.8) is 0 Å². The second-order valence-corrected chi connectivity index (χ2v) is 5.96. The largest absolute Gasteiger partial charge is 0.467 e. The van der Waals surface area contributed by atoms with Gasteiger partial charge in [0.05, 0.1) is 24.9 Å². The fourth-order valence-corrected chi connectivity index (χ4v) is 3.38. The molecule has 0 unspecified atom stereocenters. The van der Waals surface area contributed by atoms with E-state index in [2.05, 4.69) is 5.16 Å². The molecule has 0 aromatic carbocycles. The Morgan fingerprint density at radius 1 is 1.41 bits per heavy atom. The van der Waals surface area contributed by atoms with Gasteiger partial charge in [-0.2, -0.15) is 0 Å². The zero-order valence-electron chi connectivity index (χ0n) is 12.9. The summed E-state index contributed by atoms with van der Waals surface area (Å²) in [6, 6.07) is 1.57. The highest BCUT2D eigenvalue weighted by atomic mass is 16.6. The van der Waals surface area contributed by atoms with Crippen molar-refractivity contribution in [1.29, 1.82) is 0 Å². The Kier molecular flexibility index (Phi) is 3.90. The van der Waals surface area contributed by atoms with Crippen LogP contribution in [0.25, 0.3) is 0 Å². The van der Waals surface area contributed by atoms with Crippen molar-refractivity contribution in [2.75, 3.05) is 7.11 Å². The van der Waals surface area contributed by atoms with Crippen LogP contribution in [0.15, 0.2) is 10.6 Å². The number of aryl methyl sites for hydroxylation is 1. The molecule has 120 valence electrons. The third-order valence-electron chi connectivity index (χ3n) is 4.46. The van der Waals surface area contributed by atoms with Crippen LogP contribution in [0, 0.1) is 6.92 Å². The van der Waals surface area contributed by atoms with Crippen LogP contribution in [-0.2, 0) is 14.3 Å². The molecule has 0 aliphatic carbocycles. The van der Waals surface area contributed by atoms with Gasteiger partial charge >= 0.3 is 5.97 Å². The van der Waals surface area contributed by atoms with E-state index in [1.165, 1.54) is 7.11 Å². The van der Waals surface area contributed by atoms with E-state index in [0.717, 1.165) is 12.8 Å². The lowest BCUT2D eigenvalue weighted by Crippen LogP contribution is -2.53. The van der Waals surface area contributed by atoms with E-state index in [4.69, 9.17) is 14.0 Å². The van der Waals surface area contributed by atoms with Crippen LogP contribution in [-0.4, -0.2) is 53.3 Å². The summed E-state index contributed by atoms with van der Waals surface area (Å²) in [4.78, 5) is 26.2. The van der Waals surface area contributed by atoms with Crippen molar-refractivity contribution in [1.82, 2.24) is 10.1 Å². The number of likely N-dealkylation sites (tertiary alicyclic amines) is 1.